The Morgan fingerprint density at radius 2 is 1.65 bits per heavy atom. The van der Waals surface area contributed by atoms with Crippen LogP contribution in [0.2, 0.25) is 0 Å². The van der Waals surface area contributed by atoms with E-state index in [1.165, 1.54) is 5.56 Å². The Kier molecular flexibility index (Phi) is 4.15. The van der Waals surface area contributed by atoms with E-state index in [4.69, 9.17) is 4.74 Å². The van der Waals surface area contributed by atoms with Crippen LogP contribution < -0.4 is 5.32 Å². The molecular formula is C18H24N2O3. The van der Waals surface area contributed by atoms with Crippen LogP contribution in [0, 0.1) is 26.2 Å². The molecule has 1 aromatic carbocycles. The second-order valence-corrected chi connectivity index (χ2v) is 6.71. The van der Waals surface area contributed by atoms with Gasteiger partial charge in [0.2, 0.25) is 11.8 Å². The van der Waals surface area contributed by atoms with E-state index in [-0.39, 0.29) is 11.8 Å². The van der Waals surface area contributed by atoms with Crippen LogP contribution in [0.15, 0.2) is 12.1 Å². The number of nitrogens with one attached hydrogen (secondary N) is 1. The quantitative estimate of drug-likeness (QED) is 0.870. The summed E-state index contributed by atoms with van der Waals surface area (Å²) in [5.41, 5.74) is 3.21. The number of amides is 2. The first-order valence-corrected chi connectivity index (χ1v) is 8.20. The summed E-state index contributed by atoms with van der Waals surface area (Å²) in [7, 11) is 0. The Bertz CT molecular complexity index is 621. The monoisotopic (exact) mass is 316 g/mol. The Morgan fingerprint density at radius 1 is 1.09 bits per heavy atom. The predicted octanol–water partition coefficient (Wildman–Crippen LogP) is 2.19. The molecule has 1 aliphatic heterocycles. The van der Waals surface area contributed by atoms with Gasteiger partial charge in [-0.15, -0.1) is 0 Å². The van der Waals surface area contributed by atoms with Gasteiger partial charge >= 0.3 is 0 Å². The standard InChI is InChI=1S/C18H24N2O3/c1-12-10-13(2)15(14(3)11-12)19-16(21)18(4-5-18)17(22)20-6-8-23-9-7-20/h10-11H,4-9H2,1-3H3,(H,19,21). The maximum absolute atomic E-state index is 12.8. The van der Waals surface area contributed by atoms with E-state index in [0.29, 0.717) is 39.1 Å². The summed E-state index contributed by atoms with van der Waals surface area (Å²) in [6.45, 7) is 8.28. The van der Waals surface area contributed by atoms with Gasteiger partial charge in [0.15, 0.2) is 0 Å². The molecule has 0 atom stereocenters. The van der Waals surface area contributed by atoms with Crippen LogP contribution in [-0.4, -0.2) is 43.0 Å². The minimum Gasteiger partial charge on any atom is -0.378 e. The highest BCUT2D eigenvalue weighted by atomic mass is 16.5. The average Bonchev–Trinajstić information content (AvgIpc) is 3.32. The number of morpholine rings is 1. The number of benzene rings is 1. The van der Waals surface area contributed by atoms with Crippen LogP contribution in [0.4, 0.5) is 5.69 Å². The summed E-state index contributed by atoms with van der Waals surface area (Å²) in [6, 6.07) is 4.10. The molecule has 2 aliphatic rings. The lowest BCUT2D eigenvalue weighted by Gasteiger charge is -2.30. The molecule has 1 saturated heterocycles. The first-order valence-electron chi connectivity index (χ1n) is 8.20. The van der Waals surface area contributed by atoms with Crippen LogP contribution in [-0.2, 0) is 14.3 Å². The molecule has 0 aromatic heterocycles. The van der Waals surface area contributed by atoms with E-state index in [9.17, 15) is 9.59 Å². The average molecular weight is 316 g/mol. The van der Waals surface area contributed by atoms with Gasteiger partial charge in [-0.05, 0) is 44.7 Å². The second-order valence-electron chi connectivity index (χ2n) is 6.71. The minimum atomic E-state index is -0.860. The van der Waals surface area contributed by atoms with Crippen LogP contribution in [0.1, 0.15) is 29.5 Å². The van der Waals surface area contributed by atoms with Gasteiger partial charge in [0, 0.05) is 18.8 Å². The van der Waals surface area contributed by atoms with Crippen molar-refractivity contribution in [1.29, 1.82) is 0 Å². The topological polar surface area (TPSA) is 58.6 Å². The van der Waals surface area contributed by atoms with Crippen molar-refractivity contribution < 1.29 is 14.3 Å². The normalized spacial score (nSPS) is 19.3. The van der Waals surface area contributed by atoms with Crippen LogP contribution >= 0.6 is 0 Å². The lowest BCUT2D eigenvalue weighted by atomic mass is 10.0. The molecule has 5 nitrogen and oxygen atoms in total. The fourth-order valence-corrected chi connectivity index (χ4v) is 3.34. The van der Waals surface area contributed by atoms with Crippen LogP contribution in [0.3, 0.4) is 0 Å². The van der Waals surface area contributed by atoms with E-state index < -0.39 is 5.41 Å². The number of aryl methyl sites for hydroxylation is 3. The van der Waals surface area contributed by atoms with Crippen molar-refractivity contribution in [3.63, 3.8) is 0 Å². The van der Waals surface area contributed by atoms with Gasteiger partial charge in [0.1, 0.15) is 5.41 Å². The lowest BCUT2D eigenvalue weighted by Crippen LogP contribution is -2.47. The SMILES string of the molecule is Cc1cc(C)c(NC(=O)C2(C(=O)N3CCOCC3)CC2)c(C)c1. The van der Waals surface area contributed by atoms with Gasteiger partial charge in [-0.25, -0.2) is 0 Å². The second kappa shape index (κ2) is 5.96. The molecule has 0 spiro atoms. The van der Waals surface area contributed by atoms with Crippen molar-refractivity contribution >= 4 is 17.5 Å². The highest BCUT2D eigenvalue weighted by Crippen LogP contribution is 2.48. The fraction of sp³-hybridized carbons (Fsp3) is 0.556. The van der Waals surface area contributed by atoms with E-state index in [1.54, 1.807) is 4.90 Å². The maximum Gasteiger partial charge on any atom is 0.240 e. The Hall–Kier alpha value is -1.88. The number of nitrogens with zero attached hydrogens (tertiary/aromatic N) is 1. The van der Waals surface area contributed by atoms with Crippen molar-refractivity contribution in [2.24, 2.45) is 5.41 Å². The molecule has 0 bridgehead atoms. The number of ether oxygens (including phenoxy) is 1. The predicted molar refractivity (Wildman–Crippen MR) is 88.3 cm³/mol. The molecule has 2 amide bonds. The van der Waals surface area contributed by atoms with Gasteiger partial charge in [-0.2, -0.15) is 0 Å². The minimum absolute atomic E-state index is 0.0410. The largest absolute Gasteiger partial charge is 0.378 e. The fourth-order valence-electron chi connectivity index (χ4n) is 3.34. The van der Waals surface area contributed by atoms with Crippen molar-refractivity contribution in [3.8, 4) is 0 Å². The molecule has 0 unspecified atom stereocenters. The number of hydrogen-bond acceptors (Lipinski definition) is 3. The molecule has 0 radical (unpaired) electrons. The van der Waals surface area contributed by atoms with Crippen molar-refractivity contribution in [2.45, 2.75) is 33.6 Å². The van der Waals surface area contributed by atoms with Gasteiger partial charge in [-0.3, -0.25) is 9.59 Å². The molecule has 1 saturated carbocycles. The Morgan fingerprint density at radius 3 is 2.17 bits per heavy atom. The zero-order valence-electron chi connectivity index (χ0n) is 14.1. The molecule has 2 fully saturated rings. The third-order valence-electron chi connectivity index (χ3n) is 4.81. The van der Waals surface area contributed by atoms with Gasteiger partial charge < -0.3 is 15.0 Å². The number of anilines is 1. The summed E-state index contributed by atoms with van der Waals surface area (Å²) in [4.78, 5) is 27.3. The highest BCUT2D eigenvalue weighted by Gasteiger charge is 2.58. The molecule has 23 heavy (non-hydrogen) atoms. The molecule has 1 N–H and O–H groups in total. The third-order valence-corrected chi connectivity index (χ3v) is 4.81. The number of hydrogen-bond donors (Lipinski definition) is 1. The number of carbonyl (C=O) groups excluding carboxylic acids is 2. The van der Waals surface area contributed by atoms with Crippen LogP contribution in [0.5, 0.6) is 0 Å². The lowest BCUT2D eigenvalue weighted by molar-refractivity contribution is -0.145. The molecule has 1 heterocycles. The Balaban J connectivity index is 1.76. The first kappa shape index (κ1) is 16.0. The zero-order chi connectivity index (χ0) is 16.6. The van der Waals surface area contributed by atoms with Crippen LogP contribution in [0.25, 0.3) is 0 Å². The van der Waals surface area contributed by atoms with Crippen molar-refractivity contribution in [1.82, 2.24) is 4.90 Å². The summed E-state index contributed by atoms with van der Waals surface area (Å²) in [5.74, 6) is -0.204. The van der Waals surface area contributed by atoms with E-state index in [1.807, 2.05) is 32.9 Å². The smallest absolute Gasteiger partial charge is 0.240 e. The molecular weight excluding hydrogens is 292 g/mol. The van der Waals surface area contributed by atoms with Gasteiger partial charge in [-0.1, -0.05) is 17.7 Å². The highest BCUT2D eigenvalue weighted by molar-refractivity contribution is 6.13. The summed E-state index contributed by atoms with van der Waals surface area (Å²) in [5, 5.41) is 3.01. The van der Waals surface area contributed by atoms with Crippen molar-refractivity contribution in [3.05, 3.63) is 28.8 Å². The first-order chi connectivity index (χ1) is 10.9. The summed E-state index contributed by atoms with van der Waals surface area (Å²) >= 11 is 0. The Labute approximate surface area is 137 Å². The maximum atomic E-state index is 12.8. The van der Waals surface area contributed by atoms with Gasteiger partial charge in [0.05, 0.1) is 13.2 Å². The molecule has 1 aliphatic carbocycles. The van der Waals surface area contributed by atoms with Crippen molar-refractivity contribution in [2.75, 3.05) is 31.6 Å². The van der Waals surface area contributed by atoms with Gasteiger partial charge in [0.25, 0.3) is 0 Å². The molecule has 124 valence electrons. The third kappa shape index (κ3) is 2.98. The van der Waals surface area contributed by atoms with E-state index >= 15 is 0 Å². The van der Waals surface area contributed by atoms with E-state index in [0.717, 1.165) is 16.8 Å². The summed E-state index contributed by atoms with van der Waals surface area (Å²) in [6.07, 6.45) is 1.28. The molecule has 5 heteroatoms. The summed E-state index contributed by atoms with van der Waals surface area (Å²) < 4.78 is 5.29. The number of carbonyl (C=O) groups is 2. The molecule has 1 aromatic rings. The van der Waals surface area contributed by atoms with E-state index in [2.05, 4.69) is 5.32 Å². The molecule has 3 rings (SSSR count). The number of rotatable bonds is 3. The zero-order valence-corrected chi connectivity index (χ0v) is 14.1.